The first-order chi connectivity index (χ1) is 14.9. The highest BCUT2D eigenvalue weighted by Crippen LogP contribution is 2.49. The quantitative estimate of drug-likeness (QED) is 0.631. The van der Waals surface area contributed by atoms with E-state index in [2.05, 4.69) is 10.2 Å². The Morgan fingerprint density at radius 2 is 1.97 bits per heavy atom. The Labute approximate surface area is 193 Å². The average Bonchev–Trinajstić information content (AvgIpc) is 2.76. The van der Waals surface area contributed by atoms with Gasteiger partial charge in [0.25, 0.3) is 0 Å². The van der Waals surface area contributed by atoms with Crippen LogP contribution in [0, 0.1) is 5.92 Å². The van der Waals surface area contributed by atoms with Crippen molar-refractivity contribution in [1.29, 1.82) is 0 Å². The fourth-order valence-electron chi connectivity index (χ4n) is 5.13. The van der Waals surface area contributed by atoms with Crippen LogP contribution >= 0.6 is 23.2 Å². The number of rotatable bonds is 5. The molecule has 1 saturated heterocycles. The molecule has 166 valence electrons. The second kappa shape index (κ2) is 9.37. The molecule has 2 aliphatic rings. The van der Waals surface area contributed by atoms with Gasteiger partial charge in [0.1, 0.15) is 5.75 Å². The largest absolute Gasteiger partial charge is 0.497 e. The molecule has 0 radical (unpaired) electrons. The maximum Gasteiger partial charge on any atom is 0.238 e. The van der Waals surface area contributed by atoms with Gasteiger partial charge in [-0.2, -0.15) is 0 Å². The second-order valence-corrected chi connectivity index (χ2v) is 9.41. The number of amides is 1. The van der Waals surface area contributed by atoms with Crippen molar-refractivity contribution in [1.82, 2.24) is 4.90 Å². The number of likely N-dealkylation sites (tertiary alicyclic amines) is 1. The van der Waals surface area contributed by atoms with E-state index >= 15 is 0 Å². The van der Waals surface area contributed by atoms with E-state index in [0.717, 1.165) is 37.0 Å². The highest BCUT2D eigenvalue weighted by atomic mass is 35.5. The molecule has 0 aromatic heterocycles. The van der Waals surface area contributed by atoms with Gasteiger partial charge in [0.15, 0.2) is 0 Å². The summed E-state index contributed by atoms with van der Waals surface area (Å²) in [4.78, 5) is 15.1. The van der Waals surface area contributed by atoms with Gasteiger partial charge in [-0.25, -0.2) is 0 Å². The molecule has 1 saturated carbocycles. The minimum atomic E-state index is -0.671. The molecular weight excluding hydrogens is 435 g/mol. The molecule has 1 aliphatic heterocycles. The van der Waals surface area contributed by atoms with Crippen LogP contribution in [0.1, 0.15) is 43.7 Å². The maximum absolute atomic E-state index is 12.9. The van der Waals surface area contributed by atoms with E-state index in [1.807, 2.05) is 24.3 Å². The molecule has 2 N–H and O–H groups in total. The minimum Gasteiger partial charge on any atom is -0.497 e. The highest BCUT2D eigenvalue weighted by molar-refractivity contribution is 6.36. The number of methoxy groups -OCH3 is 1. The predicted octanol–water partition coefficient (Wildman–Crippen LogP) is 5.31. The standard InChI is InChI=1S/C24H28Cl2N2O3/c1-31-18-8-5-16(6-9-18)23-19-4-2-3-11-24(19,30)12-13-28(23)15-22(29)27-21-10-7-17(25)14-20(21)26/h5-10,14,19,23,30H,2-4,11-13,15H2,1H3,(H,27,29)/t19-,23+,24+/m1/s1. The molecule has 2 aromatic carbocycles. The Balaban J connectivity index is 1.57. The lowest BCUT2D eigenvalue weighted by Gasteiger charge is -2.52. The van der Waals surface area contributed by atoms with Crippen LogP contribution in [0.5, 0.6) is 5.75 Å². The molecule has 4 rings (SSSR count). The molecule has 31 heavy (non-hydrogen) atoms. The predicted molar refractivity (Wildman–Crippen MR) is 124 cm³/mol. The smallest absolute Gasteiger partial charge is 0.238 e. The van der Waals surface area contributed by atoms with Gasteiger partial charge in [-0.15, -0.1) is 0 Å². The monoisotopic (exact) mass is 462 g/mol. The number of halogens is 2. The van der Waals surface area contributed by atoms with Gasteiger partial charge in [-0.3, -0.25) is 9.69 Å². The van der Waals surface area contributed by atoms with Crippen molar-refractivity contribution in [3.8, 4) is 5.75 Å². The average molecular weight is 463 g/mol. The molecule has 2 fully saturated rings. The molecule has 1 amide bonds. The number of carbonyl (C=O) groups is 1. The van der Waals surface area contributed by atoms with Crippen molar-refractivity contribution >= 4 is 34.8 Å². The summed E-state index contributed by atoms with van der Waals surface area (Å²) in [6.07, 6.45) is 4.61. The third kappa shape index (κ3) is 4.85. The van der Waals surface area contributed by atoms with E-state index in [-0.39, 0.29) is 24.4 Å². The van der Waals surface area contributed by atoms with Crippen molar-refractivity contribution in [2.45, 2.75) is 43.7 Å². The third-order valence-electron chi connectivity index (χ3n) is 6.68. The van der Waals surface area contributed by atoms with Crippen molar-refractivity contribution in [2.24, 2.45) is 5.92 Å². The molecule has 0 unspecified atom stereocenters. The van der Waals surface area contributed by atoms with Crippen molar-refractivity contribution in [2.75, 3.05) is 25.5 Å². The first kappa shape index (κ1) is 22.4. The Morgan fingerprint density at radius 3 is 2.68 bits per heavy atom. The van der Waals surface area contributed by atoms with Crippen LogP contribution in [0.25, 0.3) is 0 Å². The zero-order valence-electron chi connectivity index (χ0n) is 17.6. The number of carbonyl (C=O) groups excluding carboxylic acids is 1. The summed E-state index contributed by atoms with van der Waals surface area (Å²) in [6.45, 7) is 0.883. The molecule has 3 atom stereocenters. The topological polar surface area (TPSA) is 61.8 Å². The van der Waals surface area contributed by atoms with Crippen LogP contribution in [0.4, 0.5) is 5.69 Å². The Kier molecular flexibility index (Phi) is 6.77. The number of aliphatic hydroxyl groups is 1. The molecule has 5 nitrogen and oxygen atoms in total. The lowest BCUT2D eigenvalue weighted by atomic mass is 9.66. The Hall–Kier alpha value is -1.79. The Bertz CT molecular complexity index is 937. The zero-order valence-corrected chi connectivity index (χ0v) is 19.1. The van der Waals surface area contributed by atoms with Gasteiger partial charge < -0.3 is 15.2 Å². The summed E-state index contributed by atoms with van der Waals surface area (Å²) < 4.78 is 5.31. The molecule has 0 bridgehead atoms. The van der Waals surface area contributed by atoms with Gasteiger partial charge in [-0.05, 0) is 55.2 Å². The molecule has 2 aromatic rings. The first-order valence-electron chi connectivity index (χ1n) is 10.7. The summed E-state index contributed by atoms with van der Waals surface area (Å²) in [5, 5.41) is 15.2. The molecule has 1 aliphatic carbocycles. The molecular formula is C24H28Cl2N2O3. The van der Waals surface area contributed by atoms with Crippen LogP contribution in [0.2, 0.25) is 10.0 Å². The van der Waals surface area contributed by atoms with Crippen LogP contribution in [-0.4, -0.2) is 41.7 Å². The number of nitrogens with one attached hydrogen (secondary N) is 1. The van der Waals surface area contributed by atoms with Gasteiger partial charge in [0.2, 0.25) is 5.91 Å². The van der Waals surface area contributed by atoms with E-state index in [1.54, 1.807) is 25.3 Å². The SMILES string of the molecule is COc1ccc([C@H]2[C@H]3CCCC[C@]3(O)CCN2CC(=O)Nc2ccc(Cl)cc2Cl)cc1. The summed E-state index contributed by atoms with van der Waals surface area (Å²) in [5.41, 5.74) is 0.973. The van der Waals surface area contributed by atoms with E-state index in [1.165, 1.54) is 0 Å². The fraction of sp³-hybridized carbons (Fsp3) is 0.458. The zero-order chi connectivity index (χ0) is 22.0. The van der Waals surface area contributed by atoms with Gasteiger partial charge in [-0.1, -0.05) is 48.2 Å². The van der Waals surface area contributed by atoms with Crippen molar-refractivity contribution in [3.05, 3.63) is 58.1 Å². The number of hydrogen-bond donors (Lipinski definition) is 2. The lowest BCUT2D eigenvalue weighted by Crippen LogP contribution is -2.56. The van der Waals surface area contributed by atoms with E-state index in [4.69, 9.17) is 27.9 Å². The van der Waals surface area contributed by atoms with E-state index in [9.17, 15) is 9.90 Å². The van der Waals surface area contributed by atoms with Crippen LogP contribution in [0.15, 0.2) is 42.5 Å². The Morgan fingerprint density at radius 1 is 1.19 bits per heavy atom. The van der Waals surface area contributed by atoms with Crippen molar-refractivity contribution in [3.63, 3.8) is 0 Å². The summed E-state index contributed by atoms with van der Waals surface area (Å²) in [5.74, 6) is 0.749. The fourth-order valence-corrected chi connectivity index (χ4v) is 5.58. The molecule has 7 heteroatoms. The van der Waals surface area contributed by atoms with Gasteiger partial charge >= 0.3 is 0 Å². The number of hydrogen-bond acceptors (Lipinski definition) is 4. The number of ether oxygens (including phenoxy) is 1. The number of fused-ring (bicyclic) bond motifs is 1. The maximum atomic E-state index is 12.9. The second-order valence-electron chi connectivity index (χ2n) is 8.57. The van der Waals surface area contributed by atoms with Gasteiger partial charge in [0.05, 0.1) is 30.0 Å². The summed E-state index contributed by atoms with van der Waals surface area (Å²) in [6, 6.07) is 13.0. The normalized spacial score (nSPS) is 26.2. The number of nitrogens with zero attached hydrogens (tertiary/aromatic N) is 1. The van der Waals surface area contributed by atoms with E-state index in [0.29, 0.717) is 28.7 Å². The van der Waals surface area contributed by atoms with Gasteiger partial charge in [0, 0.05) is 23.5 Å². The summed E-state index contributed by atoms with van der Waals surface area (Å²) >= 11 is 12.2. The number of benzene rings is 2. The highest BCUT2D eigenvalue weighted by Gasteiger charge is 2.49. The third-order valence-corrected chi connectivity index (χ3v) is 7.23. The minimum absolute atomic E-state index is 0.0311. The first-order valence-corrected chi connectivity index (χ1v) is 11.5. The number of anilines is 1. The van der Waals surface area contributed by atoms with Crippen molar-refractivity contribution < 1.29 is 14.6 Å². The summed E-state index contributed by atoms with van der Waals surface area (Å²) in [7, 11) is 1.65. The lowest BCUT2D eigenvalue weighted by molar-refractivity contribution is -0.135. The van der Waals surface area contributed by atoms with E-state index < -0.39 is 5.60 Å². The number of piperidine rings is 1. The van der Waals surface area contributed by atoms with Crippen LogP contribution in [-0.2, 0) is 4.79 Å². The van der Waals surface area contributed by atoms with Crippen LogP contribution < -0.4 is 10.1 Å². The molecule has 1 heterocycles. The molecule has 0 spiro atoms. The van der Waals surface area contributed by atoms with Crippen LogP contribution in [0.3, 0.4) is 0 Å².